The molecule has 2 aliphatic rings. The first-order valence-electron chi connectivity index (χ1n) is 7.35. The van der Waals surface area contributed by atoms with Crippen LogP contribution in [0.4, 0.5) is 5.69 Å². The van der Waals surface area contributed by atoms with Crippen molar-refractivity contribution in [2.24, 2.45) is 11.3 Å². The van der Waals surface area contributed by atoms with Gasteiger partial charge < -0.3 is 10.0 Å². The van der Waals surface area contributed by atoms with Crippen molar-refractivity contribution in [2.75, 3.05) is 18.6 Å². The number of anilines is 1. The molecule has 1 aromatic rings. The van der Waals surface area contributed by atoms with E-state index in [2.05, 4.69) is 57.0 Å². The number of fused-ring (bicyclic) bond motifs is 3. The van der Waals surface area contributed by atoms with Crippen molar-refractivity contribution in [3.63, 3.8) is 0 Å². The molecule has 0 radical (unpaired) electrons. The molecule has 1 aliphatic heterocycles. The lowest BCUT2D eigenvalue weighted by atomic mass is 9.53. The van der Waals surface area contributed by atoms with Gasteiger partial charge in [-0.15, -0.1) is 0 Å². The van der Waals surface area contributed by atoms with Crippen molar-refractivity contribution in [3.05, 3.63) is 29.8 Å². The summed E-state index contributed by atoms with van der Waals surface area (Å²) < 4.78 is 0. The molecule has 0 aromatic heterocycles. The number of hydrogen-bond donors (Lipinski definition) is 1. The molecule has 2 heteroatoms. The Morgan fingerprint density at radius 3 is 2.63 bits per heavy atom. The summed E-state index contributed by atoms with van der Waals surface area (Å²) in [6.45, 7) is 7.49. The second-order valence-corrected chi connectivity index (χ2v) is 7.22. The Balaban J connectivity index is 2.15. The summed E-state index contributed by atoms with van der Waals surface area (Å²) in [4.78, 5) is 2.44. The van der Waals surface area contributed by atoms with E-state index in [4.69, 9.17) is 0 Å². The lowest BCUT2D eigenvalue weighted by Crippen LogP contribution is -2.56. The molecule has 3 atom stereocenters. The fourth-order valence-electron chi connectivity index (χ4n) is 4.64. The van der Waals surface area contributed by atoms with Gasteiger partial charge in [-0.05, 0) is 35.8 Å². The Bertz CT molecular complexity index is 496. The average molecular weight is 259 g/mol. The zero-order valence-electron chi connectivity index (χ0n) is 12.5. The summed E-state index contributed by atoms with van der Waals surface area (Å²) in [6, 6.07) is 9.34. The van der Waals surface area contributed by atoms with Crippen LogP contribution >= 0.6 is 0 Å². The molecule has 3 rings (SSSR count). The highest BCUT2D eigenvalue weighted by molar-refractivity contribution is 5.65. The van der Waals surface area contributed by atoms with E-state index >= 15 is 0 Å². The van der Waals surface area contributed by atoms with Gasteiger partial charge in [-0.1, -0.05) is 39.0 Å². The molecule has 1 aliphatic carbocycles. The number of hydrogen-bond acceptors (Lipinski definition) is 2. The predicted molar refractivity (Wildman–Crippen MR) is 79.6 cm³/mol. The number of likely N-dealkylation sites (N-methyl/N-ethyl adjacent to an activating group) is 1. The molecular weight excluding hydrogens is 234 g/mol. The molecule has 0 amide bonds. The zero-order valence-corrected chi connectivity index (χ0v) is 12.5. The molecule has 0 bridgehead atoms. The summed E-state index contributed by atoms with van der Waals surface area (Å²) in [6.07, 6.45) is 2.21. The van der Waals surface area contributed by atoms with Crippen LogP contribution in [-0.2, 0) is 5.41 Å². The maximum atomic E-state index is 9.61. The summed E-state index contributed by atoms with van der Waals surface area (Å²) in [5, 5.41) is 9.61. The molecule has 2 nitrogen and oxygen atoms in total. The van der Waals surface area contributed by atoms with Gasteiger partial charge in [0.2, 0.25) is 0 Å². The fraction of sp³-hybridized carbons (Fsp3) is 0.647. The van der Waals surface area contributed by atoms with E-state index in [0.29, 0.717) is 18.6 Å². The van der Waals surface area contributed by atoms with E-state index < -0.39 is 0 Å². The van der Waals surface area contributed by atoms with Crippen molar-refractivity contribution in [2.45, 2.75) is 45.1 Å². The van der Waals surface area contributed by atoms with Gasteiger partial charge in [0.15, 0.2) is 0 Å². The first kappa shape index (κ1) is 13.0. The number of nitrogens with zero attached hydrogens (tertiary/aromatic N) is 1. The van der Waals surface area contributed by atoms with Crippen LogP contribution in [0.3, 0.4) is 0 Å². The molecule has 1 fully saturated rings. The normalized spacial score (nSPS) is 35.9. The molecule has 1 heterocycles. The smallest absolute Gasteiger partial charge is 0.0460 e. The van der Waals surface area contributed by atoms with E-state index in [9.17, 15) is 5.11 Å². The first-order valence-corrected chi connectivity index (χ1v) is 7.35. The largest absolute Gasteiger partial charge is 0.396 e. The van der Waals surface area contributed by atoms with Crippen LogP contribution in [0.1, 0.15) is 39.2 Å². The van der Waals surface area contributed by atoms with Crippen molar-refractivity contribution in [3.8, 4) is 0 Å². The minimum atomic E-state index is 0.185. The molecule has 1 saturated carbocycles. The molecule has 1 N–H and O–H groups in total. The summed E-state index contributed by atoms with van der Waals surface area (Å²) in [5.74, 6) is 0.435. The molecule has 0 saturated heterocycles. The molecular formula is C17H25NO. The highest BCUT2D eigenvalue weighted by atomic mass is 16.3. The van der Waals surface area contributed by atoms with Crippen LogP contribution in [0.2, 0.25) is 0 Å². The molecule has 1 aromatic carbocycles. The van der Waals surface area contributed by atoms with Gasteiger partial charge in [0.05, 0.1) is 0 Å². The molecule has 19 heavy (non-hydrogen) atoms. The maximum Gasteiger partial charge on any atom is 0.0460 e. The Labute approximate surface area is 116 Å². The van der Waals surface area contributed by atoms with Gasteiger partial charge in [0.1, 0.15) is 0 Å². The number of para-hydroxylation sites is 1. The lowest BCUT2D eigenvalue weighted by molar-refractivity contribution is 0.0340. The standard InChI is InChI=1S/C17H25NO/c1-16(2)10-12(11-19)9-15-17(16,3)13-7-5-6-8-14(13)18(15)4/h5-8,12,15,19H,9-11H2,1-4H3/t12?,15-,17-/m1/s1. The summed E-state index contributed by atoms with van der Waals surface area (Å²) >= 11 is 0. The van der Waals surface area contributed by atoms with Crippen molar-refractivity contribution in [1.82, 2.24) is 0 Å². The number of rotatable bonds is 1. The van der Waals surface area contributed by atoms with Gasteiger partial charge in [-0.3, -0.25) is 0 Å². The van der Waals surface area contributed by atoms with Crippen LogP contribution in [0, 0.1) is 11.3 Å². The van der Waals surface area contributed by atoms with Gasteiger partial charge in [-0.2, -0.15) is 0 Å². The van der Waals surface area contributed by atoms with E-state index in [0.717, 1.165) is 12.8 Å². The zero-order chi connectivity index (χ0) is 13.8. The van der Waals surface area contributed by atoms with Gasteiger partial charge >= 0.3 is 0 Å². The van der Waals surface area contributed by atoms with Gasteiger partial charge in [0.25, 0.3) is 0 Å². The van der Waals surface area contributed by atoms with Crippen molar-refractivity contribution < 1.29 is 5.11 Å². The van der Waals surface area contributed by atoms with Crippen molar-refractivity contribution in [1.29, 1.82) is 0 Å². The van der Waals surface area contributed by atoms with E-state index in [1.54, 1.807) is 0 Å². The van der Waals surface area contributed by atoms with Crippen LogP contribution < -0.4 is 4.90 Å². The molecule has 1 unspecified atom stereocenters. The monoisotopic (exact) mass is 259 g/mol. The maximum absolute atomic E-state index is 9.61. The molecule has 104 valence electrons. The first-order chi connectivity index (χ1) is 8.91. The van der Waals surface area contributed by atoms with E-state index in [1.807, 2.05) is 0 Å². The minimum absolute atomic E-state index is 0.185. The average Bonchev–Trinajstić information content (AvgIpc) is 2.61. The van der Waals surface area contributed by atoms with Crippen LogP contribution in [0.25, 0.3) is 0 Å². The Morgan fingerprint density at radius 1 is 1.26 bits per heavy atom. The second kappa shape index (κ2) is 3.99. The number of aliphatic hydroxyl groups is 1. The minimum Gasteiger partial charge on any atom is -0.396 e. The van der Waals surface area contributed by atoms with Gasteiger partial charge in [-0.25, -0.2) is 0 Å². The lowest BCUT2D eigenvalue weighted by Gasteiger charge is -2.53. The third-order valence-corrected chi connectivity index (χ3v) is 6.00. The van der Waals surface area contributed by atoms with E-state index in [1.165, 1.54) is 11.3 Å². The Morgan fingerprint density at radius 2 is 1.95 bits per heavy atom. The Hall–Kier alpha value is -1.02. The predicted octanol–water partition coefficient (Wildman–Crippen LogP) is 3.19. The van der Waals surface area contributed by atoms with Gasteiger partial charge in [0, 0.05) is 30.8 Å². The third-order valence-electron chi connectivity index (χ3n) is 6.00. The van der Waals surface area contributed by atoms with Crippen LogP contribution in [0.15, 0.2) is 24.3 Å². The second-order valence-electron chi connectivity index (χ2n) is 7.22. The Kier molecular flexibility index (Phi) is 2.72. The fourth-order valence-corrected chi connectivity index (χ4v) is 4.64. The SMILES string of the molecule is CN1c2ccccc2[C@]2(C)[C@H]1CC(CO)CC2(C)C. The highest BCUT2D eigenvalue weighted by Gasteiger charge is 2.58. The summed E-state index contributed by atoms with van der Waals surface area (Å²) in [5.41, 5.74) is 3.26. The van der Waals surface area contributed by atoms with Crippen molar-refractivity contribution >= 4 is 5.69 Å². The number of benzene rings is 1. The van der Waals surface area contributed by atoms with Crippen LogP contribution in [0.5, 0.6) is 0 Å². The van der Waals surface area contributed by atoms with Crippen LogP contribution in [-0.4, -0.2) is 24.8 Å². The molecule has 0 spiro atoms. The highest BCUT2D eigenvalue weighted by Crippen LogP contribution is 2.60. The van der Waals surface area contributed by atoms with E-state index in [-0.39, 0.29) is 10.8 Å². The third kappa shape index (κ3) is 1.53. The quantitative estimate of drug-likeness (QED) is 0.837. The number of aliphatic hydroxyl groups excluding tert-OH is 1. The summed E-state index contributed by atoms with van der Waals surface area (Å²) in [7, 11) is 2.21. The topological polar surface area (TPSA) is 23.5 Å².